The molecule has 1 atom stereocenters. The van der Waals surface area contributed by atoms with E-state index in [0.29, 0.717) is 6.04 Å². The van der Waals surface area contributed by atoms with Gasteiger partial charge >= 0.3 is 0 Å². The van der Waals surface area contributed by atoms with E-state index < -0.39 is 0 Å². The molecule has 0 spiro atoms. The summed E-state index contributed by atoms with van der Waals surface area (Å²) in [6.45, 7) is 13.7. The van der Waals surface area contributed by atoms with E-state index in [1.54, 1.807) is 0 Å². The van der Waals surface area contributed by atoms with Gasteiger partial charge in [-0.05, 0) is 23.0 Å². The molecule has 1 aromatic carbocycles. The van der Waals surface area contributed by atoms with Crippen molar-refractivity contribution < 1.29 is 0 Å². The molecule has 19 heavy (non-hydrogen) atoms. The van der Waals surface area contributed by atoms with Crippen molar-refractivity contribution in [3.05, 3.63) is 35.4 Å². The lowest BCUT2D eigenvalue weighted by atomic mass is 9.86. The van der Waals surface area contributed by atoms with Crippen LogP contribution in [0.5, 0.6) is 0 Å². The van der Waals surface area contributed by atoms with Crippen molar-refractivity contribution in [1.29, 1.82) is 0 Å². The smallest absolute Gasteiger partial charge is 0.0346 e. The molecule has 0 aromatic heterocycles. The van der Waals surface area contributed by atoms with Gasteiger partial charge in [-0.1, -0.05) is 52.0 Å². The average Bonchev–Trinajstić information content (AvgIpc) is 2.40. The highest BCUT2D eigenvalue weighted by molar-refractivity contribution is 5.29. The molecule has 2 rings (SSSR count). The van der Waals surface area contributed by atoms with Crippen molar-refractivity contribution in [3.8, 4) is 0 Å². The number of benzene rings is 1. The second-order valence-corrected chi connectivity index (χ2v) is 6.58. The normalized spacial score (nSPS) is 19.4. The Balaban J connectivity index is 2.14. The quantitative estimate of drug-likeness (QED) is 0.896. The van der Waals surface area contributed by atoms with Crippen LogP contribution >= 0.6 is 0 Å². The third kappa shape index (κ3) is 3.58. The summed E-state index contributed by atoms with van der Waals surface area (Å²) in [6.07, 6.45) is 1.19. The molecule has 1 saturated heterocycles. The molecule has 0 bridgehead atoms. The Morgan fingerprint density at radius 1 is 1.11 bits per heavy atom. The number of rotatable bonds is 3. The first-order chi connectivity index (χ1) is 9.02. The number of nitrogens with one attached hydrogen (secondary N) is 1. The van der Waals surface area contributed by atoms with E-state index in [4.69, 9.17) is 0 Å². The van der Waals surface area contributed by atoms with E-state index in [9.17, 15) is 0 Å². The van der Waals surface area contributed by atoms with Gasteiger partial charge in [-0.2, -0.15) is 0 Å². The van der Waals surface area contributed by atoms with Crippen LogP contribution in [0.15, 0.2) is 24.3 Å². The lowest BCUT2D eigenvalue weighted by molar-refractivity contribution is 0.169. The Kier molecular flexibility index (Phi) is 4.64. The Morgan fingerprint density at radius 2 is 1.68 bits per heavy atom. The molecule has 1 fully saturated rings. The van der Waals surface area contributed by atoms with E-state index >= 15 is 0 Å². The van der Waals surface area contributed by atoms with Gasteiger partial charge in [-0.15, -0.1) is 0 Å². The van der Waals surface area contributed by atoms with Crippen LogP contribution < -0.4 is 5.32 Å². The number of hydrogen-bond donors (Lipinski definition) is 1. The van der Waals surface area contributed by atoms with Gasteiger partial charge in [0.15, 0.2) is 0 Å². The highest BCUT2D eigenvalue weighted by Crippen LogP contribution is 2.28. The molecule has 1 heterocycles. The van der Waals surface area contributed by atoms with Gasteiger partial charge in [0.1, 0.15) is 0 Å². The fraction of sp³-hybridized carbons (Fsp3) is 0.647. The fourth-order valence-corrected chi connectivity index (χ4v) is 2.90. The van der Waals surface area contributed by atoms with Gasteiger partial charge in [0, 0.05) is 32.2 Å². The van der Waals surface area contributed by atoms with Crippen LogP contribution in [-0.4, -0.2) is 31.1 Å². The molecule has 0 aliphatic carbocycles. The van der Waals surface area contributed by atoms with Crippen LogP contribution in [0.4, 0.5) is 0 Å². The zero-order valence-corrected chi connectivity index (χ0v) is 12.9. The predicted octanol–water partition coefficient (Wildman–Crippen LogP) is 3.34. The zero-order chi connectivity index (χ0) is 13.9. The molecule has 0 radical (unpaired) electrons. The van der Waals surface area contributed by atoms with E-state index in [1.165, 1.54) is 30.6 Å². The lowest BCUT2D eigenvalue weighted by Gasteiger charge is -2.35. The second-order valence-electron chi connectivity index (χ2n) is 6.58. The molecule has 2 heteroatoms. The maximum absolute atomic E-state index is 3.43. The van der Waals surface area contributed by atoms with Crippen molar-refractivity contribution in [2.75, 3.05) is 26.2 Å². The highest BCUT2D eigenvalue weighted by atomic mass is 15.2. The molecule has 2 nitrogen and oxygen atoms in total. The lowest BCUT2D eigenvalue weighted by Crippen LogP contribution is -2.45. The second kappa shape index (κ2) is 6.06. The van der Waals surface area contributed by atoms with Crippen LogP contribution in [0, 0.1) is 0 Å². The molecule has 0 amide bonds. The summed E-state index contributed by atoms with van der Waals surface area (Å²) in [6, 6.07) is 9.85. The van der Waals surface area contributed by atoms with E-state index in [1.807, 2.05) is 0 Å². The van der Waals surface area contributed by atoms with Crippen LogP contribution in [-0.2, 0) is 5.41 Å². The van der Waals surface area contributed by atoms with Crippen LogP contribution in [0.3, 0.4) is 0 Å². The van der Waals surface area contributed by atoms with Crippen LogP contribution in [0.2, 0.25) is 0 Å². The first-order valence-electron chi connectivity index (χ1n) is 7.57. The summed E-state index contributed by atoms with van der Waals surface area (Å²) in [5, 5.41) is 3.43. The standard InChI is InChI=1S/C17H28N2/c1-5-16(19-12-10-18-11-13-19)14-6-8-15(9-7-14)17(2,3)4/h6-9,16,18H,5,10-13H2,1-4H3/t16-/m1/s1. The molecule has 0 unspecified atom stereocenters. The minimum Gasteiger partial charge on any atom is -0.314 e. The minimum atomic E-state index is 0.245. The first-order valence-corrected chi connectivity index (χ1v) is 7.57. The molecule has 106 valence electrons. The summed E-state index contributed by atoms with van der Waals surface area (Å²) in [7, 11) is 0. The summed E-state index contributed by atoms with van der Waals surface area (Å²) < 4.78 is 0. The van der Waals surface area contributed by atoms with Crippen molar-refractivity contribution >= 4 is 0 Å². The molecule has 1 N–H and O–H groups in total. The van der Waals surface area contributed by atoms with Crippen LogP contribution in [0.25, 0.3) is 0 Å². The average molecular weight is 260 g/mol. The van der Waals surface area contributed by atoms with Gasteiger partial charge in [-0.3, -0.25) is 4.90 Å². The molecule has 0 saturated carbocycles. The maximum Gasteiger partial charge on any atom is 0.0346 e. The minimum absolute atomic E-state index is 0.245. The number of piperazine rings is 1. The fourth-order valence-electron chi connectivity index (χ4n) is 2.90. The highest BCUT2D eigenvalue weighted by Gasteiger charge is 2.21. The number of hydrogen-bond acceptors (Lipinski definition) is 2. The maximum atomic E-state index is 3.43. The van der Waals surface area contributed by atoms with Gasteiger partial charge < -0.3 is 5.32 Å². The Hall–Kier alpha value is -0.860. The van der Waals surface area contributed by atoms with Crippen molar-refractivity contribution in [1.82, 2.24) is 10.2 Å². The summed E-state index contributed by atoms with van der Waals surface area (Å²) >= 11 is 0. The van der Waals surface area contributed by atoms with Crippen LogP contribution in [0.1, 0.15) is 51.3 Å². The monoisotopic (exact) mass is 260 g/mol. The topological polar surface area (TPSA) is 15.3 Å². The van der Waals surface area contributed by atoms with Crippen molar-refractivity contribution in [2.24, 2.45) is 0 Å². The summed E-state index contributed by atoms with van der Waals surface area (Å²) in [4.78, 5) is 2.61. The Labute approximate surface area is 118 Å². The van der Waals surface area contributed by atoms with Gasteiger partial charge in [-0.25, -0.2) is 0 Å². The molecular weight excluding hydrogens is 232 g/mol. The third-order valence-electron chi connectivity index (χ3n) is 4.14. The van der Waals surface area contributed by atoms with E-state index in [2.05, 4.69) is 62.2 Å². The van der Waals surface area contributed by atoms with Crippen molar-refractivity contribution in [2.45, 2.75) is 45.6 Å². The van der Waals surface area contributed by atoms with Gasteiger partial charge in [0.2, 0.25) is 0 Å². The Morgan fingerprint density at radius 3 is 2.16 bits per heavy atom. The third-order valence-corrected chi connectivity index (χ3v) is 4.14. The largest absolute Gasteiger partial charge is 0.314 e. The number of nitrogens with zero attached hydrogens (tertiary/aromatic N) is 1. The molecular formula is C17H28N2. The summed E-state index contributed by atoms with van der Waals surface area (Å²) in [5.41, 5.74) is 3.14. The molecule has 1 aliphatic rings. The van der Waals surface area contributed by atoms with E-state index in [0.717, 1.165) is 13.1 Å². The SMILES string of the molecule is CC[C@H](c1ccc(C(C)(C)C)cc1)N1CCNCC1. The predicted molar refractivity (Wildman–Crippen MR) is 82.6 cm³/mol. The molecule has 1 aliphatic heterocycles. The first kappa shape index (κ1) is 14.5. The molecule has 1 aromatic rings. The van der Waals surface area contributed by atoms with Crippen molar-refractivity contribution in [3.63, 3.8) is 0 Å². The zero-order valence-electron chi connectivity index (χ0n) is 12.9. The van der Waals surface area contributed by atoms with E-state index in [-0.39, 0.29) is 5.41 Å². The van der Waals surface area contributed by atoms with Gasteiger partial charge in [0.05, 0.1) is 0 Å². The Bertz CT molecular complexity index is 383. The van der Waals surface area contributed by atoms with Gasteiger partial charge in [0.25, 0.3) is 0 Å². The summed E-state index contributed by atoms with van der Waals surface area (Å²) in [5.74, 6) is 0.